The Bertz CT molecular complexity index is 234. The Labute approximate surface area is 118 Å². The first kappa shape index (κ1) is 19.6. The summed E-state index contributed by atoms with van der Waals surface area (Å²) in [5, 5.41) is 0. The molecule has 0 aliphatic heterocycles. The SMILES string of the molecule is C=C[Si]([P+]([O-])(OCC)OCC)[P+]([O-])(OCC)OCC. The lowest BCUT2D eigenvalue weighted by Gasteiger charge is -2.35. The van der Waals surface area contributed by atoms with Crippen molar-refractivity contribution < 1.29 is 27.9 Å². The minimum Gasteiger partial charge on any atom is -0.639 e. The van der Waals surface area contributed by atoms with E-state index in [0.717, 1.165) is 0 Å². The van der Waals surface area contributed by atoms with Crippen LogP contribution < -0.4 is 9.79 Å². The van der Waals surface area contributed by atoms with Gasteiger partial charge < -0.3 is 9.79 Å². The molecule has 19 heavy (non-hydrogen) atoms. The van der Waals surface area contributed by atoms with Crippen LogP contribution in [0.15, 0.2) is 12.3 Å². The van der Waals surface area contributed by atoms with Crippen molar-refractivity contribution in [3.05, 3.63) is 12.3 Å². The van der Waals surface area contributed by atoms with Crippen LogP contribution in [0.2, 0.25) is 0 Å². The molecule has 0 saturated heterocycles. The highest BCUT2D eigenvalue weighted by atomic mass is 31.7. The molecule has 0 atom stereocenters. The highest BCUT2D eigenvalue weighted by Gasteiger charge is 2.64. The molecule has 0 saturated carbocycles. The molecule has 0 spiro atoms. The largest absolute Gasteiger partial charge is 0.639 e. The van der Waals surface area contributed by atoms with Crippen LogP contribution in [0, 0.1) is 0 Å². The average Bonchev–Trinajstić information content (AvgIpc) is 2.30. The van der Waals surface area contributed by atoms with Gasteiger partial charge in [0.1, 0.15) is 0 Å². The van der Waals surface area contributed by atoms with Crippen LogP contribution in [0.4, 0.5) is 0 Å². The quantitative estimate of drug-likeness (QED) is 0.423. The maximum atomic E-state index is 12.7. The second-order valence-corrected chi connectivity index (χ2v) is 14.6. The normalized spacial score (nSPS) is 13.0. The predicted octanol–water partition coefficient (Wildman–Crippen LogP) is 1.59. The average molecular weight is 329 g/mol. The molecule has 9 heteroatoms. The molecule has 0 N–H and O–H groups in total. The molecule has 6 nitrogen and oxygen atoms in total. The monoisotopic (exact) mass is 329 g/mol. The van der Waals surface area contributed by atoms with Crippen molar-refractivity contribution in [3.8, 4) is 0 Å². The summed E-state index contributed by atoms with van der Waals surface area (Å²) >= 11 is 0. The maximum absolute atomic E-state index is 12.7. The first-order valence-corrected chi connectivity index (χ1v) is 12.6. The van der Waals surface area contributed by atoms with E-state index in [4.69, 9.17) is 18.1 Å². The molecule has 1 radical (unpaired) electrons. The fraction of sp³-hybridized carbons (Fsp3) is 0.800. The summed E-state index contributed by atoms with van der Waals surface area (Å²) in [6.07, 6.45) is 0. The van der Waals surface area contributed by atoms with Crippen molar-refractivity contribution >= 4 is 23.1 Å². The molecule has 0 unspecified atom stereocenters. The van der Waals surface area contributed by atoms with Gasteiger partial charge in [-0.1, -0.05) is 6.58 Å². The zero-order valence-corrected chi connectivity index (χ0v) is 14.7. The molecule has 0 amide bonds. The van der Waals surface area contributed by atoms with Crippen LogP contribution in [-0.2, 0) is 18.1 Å². The Balaban J connectivity index is 5.34. The standard InChI is InChI=1S/C10H23O6P2Si/c1-6-13-17(11,14-7-2)19(10-5)18(12,15-8-3)16-9-4/h10H,5-9H2,1-4H3. The van der Waals surface area contributed by atoms with Crippen molar-refractivity contribution in [3.63, 3.8) is 0 Å². The molecule has 0 aliphatic rings. The first-order chi connectivity index (χ1) is 8.94. The van der Waals surface area contributed by atoms with Gasteiger partial charge in [0.25, 0.3) is 0 Å². The van der Waals surface area contributed by atoms with Gasteiger partial charge in [-0.05, 0) is 33.4 Å². The van der Waals surface area contributed by atoms with Gasteiger partial charge in [-0.25, -0.2) is 18.1 Å². The molecule has 113 valence electrons. The van der Waals surface area contributed by atoms with Crippen LogP contribution in [0.1, 0.15) is 27.7 Å². The van der Waals surface area contributed by atoms with Gasteiger partial charge in [0, 0.05) is 0 Å². The first-order valence-electron chi connectivity index (χ1n) is 6.22. The molecular formula is C10H23O6P2Si. The van der Waals surface area contributed by atoms with Gasteiger partial charge in [-0.3, -0.25) is 0 Å². The topological polar surface area (TPSA) is 83.0 Å². The molecule has 0 heterocycles. The van der Waals surface area contributed by atoms with E-state index in [1.54, 1.807) is 27.7 Å². The third kappa shape index (κ3) is 5.46. The lowest BCUT2D eigenvalue weighted by molar-refractivity contribution is -0.215. The van der Waals surface area contributed by atoms with Gasteiger partial charge in [0.05, 0.1) is 26.4 Å². The summed E-state index contributed by atoms with van der Waals surface area (Å²) in [4.78, 5) is 25.5. The molecule has 0 aromatic rings. The van der Waals surface area contributed by atoms with Crippen LogP contribution in [0.5, 0.6) is 0 Å². The summed E-state index contributed by atoms with van der Waals surface area (Å²) in [5.41, 5.74) is 1.36. The molecule has 0 aromatic carbocycles. The van der Waals surface area contributed by atoms with Crippen molar-refractivity contribution in [2.24, 2.45) is 0 Å². The third-order valence-corrected chi connectivity index (χ3v) is 16.2. The number of rotatable bonds is 11. The summed E-state index contributed by atoms with van der Waals surface area (Å²) in [6.45, 7) is 11.2. The molecule has 0 bridgehead atoms. The van der Waals surface area contributed by atoms with E-state index in [0.29, 0.717) is 0 Å². The fourth-order valence-corrected chi connectivity index (χ4v) is 14.3. The highest BCUT2D eigenvalue weighted by Crippen LogP contribution is 2.72. The van der Waals surface area contributed by atoms with Gasteiger partial charge >= 0.3 is 8.13 Å². The minimum absolute atomic E-state index is 0.192. The molecule has 0 rings (SSSR count). The minimum atomic E-state index is -3.54. The Kier molecular flexibility index (Phi) is 9.79. The maximum Gasteiger partial charge on any atom is 0.609 e. The zero-order chi connectivity index (χ0) is 14.9. The Morgan fingerprint density at radius 2 is 1.11 bits per heavy atom. The number of hydrogen-bond acceptors (Lipinski definition) is 6. The summed E-state index contributed by atoms with van der Waals surface area (Å²) in [7, 11) is -9.40. The van der Waals surface area contributed by atoms with E-state index < -0.39 is 23.1 Å². The number of hydrogen-bond donors (Lipinski definition) is 0. The second kappa shape index (κ2) is 9.50. The fourth-order valence-electron chi connectivity index (χ4n) is 1.39. The zero-order valence-electron chi connectivity index (χ0n) is 12.0. The van der Waals surface area contributed by atoms with Crippen LogP contribution >= 0.6 is 15.0 Å². The smallest absolute Gasteiger partial charge is 0.609 e. The summed E-state index contributed by atoms with van der Waals surface area (Å²) in [5.74, 6) is 0. The summed E-state index contributed by atoms with van der Waals surface area (Å²) in [6, 6.07) is 0. The van der Waals surface area contributed by atoms with Crippen molar-refractivity contribution in [1.29, 1.82) is 0 Å². The van der Waals surface area contributed by atoms with Crippen molar-refractivity contribution in [2.45, 2.75) is 27.7 Å². The van der Waals surface area contributed by atoms with E-state index in [1.807, 2.05) is 0 Å². The van der Waals surface area contributed by atoms with Crippen molar-refractivity contribution in [1.82, 2.24) is 0 Å². The Hall–Kier alpha value is 0.577. The Morgan fingerprint density at radius 1 is 0.842 bits per heavy atom. The van der Waals surface area contributed by atoms with E-state index in [2.05, 4.69) is 6.58 Å². The Morgan fingerprint density at radius 3 is 1.26 bits per heavy atom. The lowest BCUT2D eigenvalue weighted by Crippen LogP contribution is -2.38. The highest BCUT2D eigenvalue weighted by molar-refractivity contribution is 8.22. The van der Waals surface area contributed by atoms with E-state index in [1.165, 1.54) is 5.70 Å². The summed E-state index contributed by atoms with van der Waals surface area (Å²) < 4.78 is 20.9. The van der Waals surface area contributed by atoms with E-state index in [-0.39, 0.29) is 26.4 Å². The molecular weight excluding hydrogens is 306 g/mol. The van der Waals surface area contributed by atoms with Gasteiger partial charge in [-0.2, -0.15) is 0 Å². The van der Waals surface area contributed by atoms with Crippen LogP contribution in [0.3, 0.4) is 0 Å². The lowest BCUT2D eigenvalue weighted by atomic mass is 10.9. The van der Waals surface area contributed by atoms with Crippen LogP contribution in [0.25, 0.3) is 0 Å². The molecule has 0 aromatic heterocycles. The van der Waals surface area contributed by atoms with E-state index >= 15 is 0 Å². The van der Waals surface area contributed by atoms with Crippen molar-refractivity contribution in [2.75, 3.05) is 26.4 Å². The predicted molar refractivity (Wildman–Crippen MR) is 76.3 cm³/mol. The molecule has 0 fully saturated rings. The molecule has 0 aliphatic carbocycles. The van der Waals surface area contributed by atoms with E-state index in [9.17, 15) is 9.79 Å². The third-order valence-electron chi connectivity index (χ3n) is 1.94. The van der Waals surface area contributed by atoms with Crippen LogP contribution in [-0.4, -0.2) is 34.6 Å². The van der Waals surface area contributed by atoms with Gasteiger partial charge in [0.15, 0.2) is 0 Å². The second-order valence-electron chi connectivity index (χ2n) is 3.23. The van der Waals surface area contributed by atoms with Gasteiger partial charge in [-0.15, -0.1) is 0 Å². The van der Waals surface area contributed by atoms with Gasteiger partial charge in [0.2, 0.25) is 15.0 Å².